The zero-order valence-electron chi connectivity index (χ0n) is 16.2. The van der Waals surface area contributed by atoms with E-state index in [1.807, 2.05) is 35.2 Å². The lowest BCUT2D eigenvalue weighted by Gasteiger charge is -2.35. The molecule has 2 aliphatic rings. The Hall–Kier alpha value is -2.67. The molecule has 2 fully saturated rings. The zero-order valence-corrected chi connectivity index (χ0v) is 16.2. The van der Waals surface area contributed by atoms with Gasteiger partial charge in [0.1, 0.15) is 24.6 Å². The summed E-state index contributed by atoms with van der Waals surface area (Å²) in [6.07, 6.45) is 4.11. The Bertz CT molecular complexity index is 771. The number of benzene rings is 1. The van der Waals surface area contributed by atoms with E-state index in [9.17, 15) is 4.79 Å². The highest BCUT2D eigenvalue weighted by atomic mass is 16.5. The van der Waals surface area contributed by atoms with Gasteiger partial charge in [0, 0.05) is 45.3 Å². The largest absolute Gasteiger partial charge is 0.367 e. The minimum Gasteiger partial charge on any atom is -0.367 e. The molecule has 0 spiro atoms. The molecule has 28 heavy (non-hydrogen) atoms. The van der Waals surface area contributed by atoms with E-state index in [4.69, 9.17) is 4.74 Å². The minimum atomic E-state index is 0.0519. The molecule has 1 aromatic carbocycles. The van der Waals surface area contributed by atoms with Gasteiger partial charge < -0.3 is 19.4 Å². The number of rotatable bonds is 6. The first-order chi connectivity index (χ1) is 13.8. The van der Waals surface area contributed by atoms with Gasteiger partial charge in [0.2, 0.25) is 5.91 Å². The Morgan fingerprint density at radius 3 is 2.21 bits per heavy atom. The van der Waals surface area contributed by atoms with Gasteiger partial charge in [-0.25, -0.2) is 9.97 Å². The van der Waals surface area contributed by atoms with Crippen molar-refractivity contribution in [2.75, 3.05) is 55.7 Å². The molecular formula is C21H27N5O2. The number of hydrogen-bond donors (Lipinski definition) is 0. The normalized spacial score (nSPS) is 17.2. The second-order valence-electron chi connectivity index (χ2n) is 7.27. The van der Waals surface area contributed by atoms with Crippen LogP contribution in [0.5, 0.6) is 0 Å². The molecule has 1 aromatic heterocycles. The van der Waals surface area contributed by atoms with Crippen LogP contribution in [0.2, 0.25) is 0 Å². The maximum Gasteiger partial charge on any atom is 0.248 e. The van der Waals surface area contributed by atoms with Gasteiger partial charge in [-0.15, -0.1) is 0 Å². The number of hydrogen-bond acceptors (Lipinski definition) is 6. The molecule has 0 unspecified atom stereocenters. The number of nitrogens with zero attached hydrogens (tertiary/aromatic N) is 5. The average molecular weight is 381 g/mol. The second-order valence-corrected chi connectivity index (χ2v) is 7.27. The standard InChI is InChI=1S/C21H27N5O2/c27-21(16-28-15-18-6-2-1-3-7-18)26-12-10-25(11-13-26)20-14-19(22-17-23-20)24-8-4-5-9-24/h1-3,6-7,14,17H,4-5,8-13,15-16H2. The molecule has 4 rings (SSSR count). The highest BCUT2D eigenvalue weighted by molar-refractivity contribution is 5.77. The molecule has 2 aliphatic heterocycles. The molecule has 3 heterocycles. The topological polar surface area (TPSA) is 61.8 Å². The fourth-order valence-corrected chi connectivity index (χ4v) is 3.74. The van der Waals surface area contributed by atoms with E-state index in [1.165, 1.54) is 12.8 Å². The number of anilines is 2. The monoisotopic (exact) mass is 381 g/mol. The average Bonchev–Trinajstić information content (AvgIpc) is 3.30. The Labute approximate surface area is 165 Å². The van der Waals surface area contributed by atoms with Crippen LogP contribution >= 0.6 is 0 Å². The first-order valence-corrected chi connectivity index (χ1v) is 10.0. The van der Waals surface area contributed by atoms with Crippen LogP contribution in [0, 0.1) is 0 Å². The summed E-state index contributed by atoms with van der Waals surface area (Å²) >= 11 is 0. The summed E-state index contributed by atoms with van der Waals surface area (Å²) in [5.41, 5.74) is 1.08. The zero-order chi connectivity index (χ0) is 19.2. The number of carbonyl (C=O) groups is 1. The van der Waals surface area contributed by atoms with Crippen molar-refractivity contribution in [1.82, 2.24) is 14.9 Å². The van der Waals surface area contributed by atoms with Crippen LogP contribution in [-0.4, -0.2) is 66.7 Å². The van der Waals surface area contributed by atoms with Gasteiger partial charge in [-0.2, -0.15) is 0 Å². The third-order valence-corrected chi connectivity index (χ3v) is 5.36. The number of ether oxygens (including phenoxy) is 1. The summed E-state index contributed by atoms with van der Waals surface area (Å²) < 4.78 is 5.59. The molecule has 0 bridgehead atoms. The second kappa shape index (κ2) is 9.01. The molecule has 2 aromatic rings. The van der Waals surface area contributed by atoms with Crippen molar-refractivity contribution in [2.24, 2.45) is 0 Å². The molecule has 0 atom stereocenters. The lowest BCUT2D eigenvalue weighted by Crippen LogP contribution is -2.50. The Morgan fingerprint density at radius 1 is 0.893 bits per heavy atom. The molecule has 0 radical (unpaired) electrons. The van der Waals surface area contributed by atoms with Crippen molar-refractivity contribution in [2.45, 2.75) is 19.4 Å². The maximum atomic E-state index is 12.4. The number of carbonyl (C=O) groups excluding carboxylic acids is 1. The van der Waals surface area contributed by atoms with Crippen molar-refractivity contribution in [1.29, 1.82) is 0 Å². The van der Waals surface area contributed by atoms with Crippen LogP contribution in [0.15, 0.2) is 42.7 Å². The van der Waals surface area contributed by atoms with Crippen molar-refractivity contribution in [3.05, 3.63) is 48.3 Å². The van der Waals surface area contributed by atoms with Crippen LogP contribution in [0.3, 0.4) is 0 Å². The first-order valence-electron chi connectivity index (χ1n) is 10.0. The highest BCUT2D eigenvalue weighted by Crippen LogP contribution is 2.22. The first kappa shape index (κ1) is 18.7. The molecule has 7 nitrogen and oxygen atoms in total. The van der Waals surface area contributed by atoms with Crippen LogP contribution in [0.4, 0.5) is 11.6 Å². The lowest BCUT2D eigenvalue weighted by molar-refractivity contribution is -0.136. The summed E-state index contributed by atoms with van der Waals surface area (Å²) in [5.74, 6) is 2.01. The molecule has 7 heteroatoms. The van der Waals surface area contributed by atoms with Gasteiger partial charge in [0.15, 0.2) is 0 Å². The van der Waals surface area contributed by atoms with E-state index in [-0.39, 0.29) is 12.5 Å². The van der Waals surface area contributed by atoms with Gasteiger partial charge in [-0.05, 0) is 18.4 Å². The van der Waals surface area contributed by atoms with Crippen LogP contribution < -0.4 is 9.80 Å². The molecule has 0 saturated carbocycles. The maximum absolute atomic E-state index is 12.4. The smallest absolute Gasteiger partial charge is 0.248 e. The van der Waals surface area contributed by atoms with Gasteiger partial charge >= 0.3 is 0 Å². The van der Waals surface area contributed by atoms with Gasteiger partial charge in [0.25, 0.3) is 0 Å². The number of piperazine rings is 1. The molecule has 0 N–H and O–H groups in total. The van der Waals surface area contributed by atoms with Gasteiger partial charge in [-0.1, -0.05) is 30.3 Å². The van der Waals surface area contributed by atoms with E-state index < -0.39 is 0 Å². The molecular weight excluding hydrogens is 354 g/mol. The van der Waals surface area contributed by atoms with E-state index in [1.54, 1.807) is 6.33 Å². The van der Waals surface area contributed by atoms with Crippen molar-refractivity contribution in [3.8, 4) is 0 Å². The summed E-state index contributed by atoms with van der Waals surface area (Å²) in [7, 11) is 0. The van der Waals surface area contributed by atoms with E-state index in [0.29, 0.717) is 19.7 Å². The van der Waals surface area contributed by atoms with Gasteiger partial charge in [0.05, 0.1) is 6.61 Å². The molecule has 0 aliphatic carbocycles. The Morgan fingerprint density at radius 2 is 1.54 bits per heavy atom. The molecule has 1 amide bonds. The minimum absolute atomic E-state index is 0.0519. The van der Waals surface area contributed by atoms with Crippen molar-refractivity contribution >= 4 is 17.5 Å². The van der Waals surface area contributed by atoms with E-state index in [2.05, 4.69) is 25.8 Å². The number of aromatic nitrogens is 2. The fraction of sp³-hybridized carbons (Fsp3) is 0.476. The van der Waals surface area contributed by atoms with Gasteiger partial charge in [-0.3, -0.25) is 4.79 Å². The lowest BCUT2D eigenvalue weighted by atomic mass is 10.2. The van der Waals surface area contributed by atoms with Crippen LogP contribution in [0.25, 0.3) is 0 Å². The summed E-state index contributed by atoms with van der Waals surface area (Å²) in [4.78, 5) is 27.7. The third-order valence-electron chi connectivity index (χ3n) is 5.36. The SMILES string of the molecule is O=C(COCc1ccccc1)N1CCN(c2cc(N3CCCC3)ncn2)CC1. The highest BCUT2D eigenvalue weighted by Gasteiger charge is 2.23. The Kier molecular flexibility index (Phi) is 6.01. The number of amides is 1. The Balaban J connectivity index is 1.25. The molecule has 2 saturated heterocycles. The van der Waals surface area contributed by atoms with E-state index in [0.717, 1.165) is 43.4 Å². The van der Waals surface area contributed by atoms with Crippen molar-refractivity contribution in [3.63, 3.8) is 0 Å². The predicted octanol–water partition coefficient (Wildman–Crippen LogP) is 1.94. The predicted molar refractivity (Wildman–Crippen MR) is 108 cm³/mol. The molecule has 148 valence electrons. The third kappa shape index (κ3) is 4.59. The summed E-state index contributed by atoms with van der Waals surface area (Å²) in [6, 6.07) is 12.0. The fourth-order valence-electron chi connectivity index (χ4n) is 3.74. The van der Waals surface area contributed by atoms with E-state index >= 15 is 0 Å². The van der Waals surface area contributed by atoms with Crippen LogP contribution in [0.1, 0.15) is 18.4 Å². The quantitative estimate of drug-likeness (QED) is 0.762. The van der Waals surface area contributed by atoms with Crippen molar-refractivity contribution < 1.29 is 9.53 Å². The summed E-state index contributed by atoms with van der Waals surface area (Å²) in [6.45, 7) is 5.67. The van der Waals surface area contributed by atoms with Crippen LogP contribution in [-0.2, 0) is 16.1 Å². The summed E-state index contributed by atoms with van der Waals surface area (Å²) in [5, 5.41) is 0.